The van der Waals surface area contributed by atoms with Gasteiger partial charge in [0.1, 0.15) is 17.9 Å². The molecule has 0 bridgehead atoms. The molecule has 3 rings (SSSR count). The molecular formula is C23H26FN3O3. The van der Waals surface area contributed by atoms with Gasteiger partial charge in [-0.3, -0.25) is 14.5 Å². The first kappa shape index (κ1) is 21.5. The van der Waals surface area contributed by atoms with E-state index < -0.39 is 35.7 Å². The first-order valence-corrected chi connectivity index (χ1v) is 10.0. The van der Waals surface area contributed by atoms with Crippen molar-refractivity contribution in [3.05, 3.63) is 65.0 Å². The molecule has 0 saturated carbocycles. The number of carbonyl (C=O) groups excluding carboxylic acids is 3. The quantitative estimate of drug-likeness (QED) is 0.676. The van der Waals surface area contributed by atoms with Gasteiger partial charge in [0.15, 0.2) is 0 Å². The number of hydrogen-bond acceptors (Lipinski definition) is 3. The number of hydrogen-bond donors (Lipinski definition) is 2. The van der Waals surface area contributed by atoms with E-state index in [2.05, 4.69) is 10.6 Å². The first-order valence-electron chi connectivity index (χ1n) is 10.0. The normalized spacial score (nSPS) is 18.5. The number of amides is 4. The maximum Gasteiger partial charge on any atom is 0.325 e. The minimum Gasteiger partial charge on any atom is -0.324 e. The van der Waals surface area contributed by atoms with Crippen molar-refractivity contribution >= 4 is 23.5 Å². The molecule has 1 saturated heterocycles. The second kappa shape index (κ2) is 8.65. The van der Waals surface area contributed by atoms with E-state index in [1.165, 1.54) is 24.3 Å². The molecule has 6 nitrogen and oxygen atoms in total. The van der Waals surface area contributed by atoms with Gasteiger partial charge >= 0.3 is 6.03 Å². The van der Waals surface area contributed by atoms with E-state index in [-0.39, 0.29) is 0 Å². The molecular weight excluding hydrogens is 385 g/mol. The lowest BCUT2D eigenvalue weighted by atomic mass is 9.85. The van der Waals surface area contributed by atoms with Crippen LogP contribution in [-0.4, -0.2) is 29.3 Å². The van der Waals surface area contributed by atoms with Crippen LogP contribution in [0.15, 0.2) is 42.5 Å². The molecule has 1 unspecified atom stereocenters. The molecule has 1 atom stereocenters. The molecule has 0 aromatic heterocycles. The highest BCUT2D eigenvalue weighted by molar-refractivity contribution is 6.10. The highest BCUT2D eigenvalue weighted by Gasteiger charge is 2.52. The van der Waals surface area contributed by atoms with Gasteiger partial charge in [0, 0.05) is 5.69 Å². The maximum absolute atomic E-state index is 13.4. The third-order valence-corrected chi connectivity index (χ3v) is 5.39. The Bertz CT molecular complexity index is 974. The van der Waals surface area contributed by atoms with Gasteiger partial charge in [0.05, 0.1) is 0 Å². The second-order valence-corrected chi connectivity index (χ2v) is 7.70. The van der Waals surface area contributed by atoms with Crippen LogP contribution in [0.1, 0.15) is 42.9 Å². The van der Waals surface area contributed by atoms with Gasteiger partial charge in [-0.1, -0.05) is 44.0 Å². The van der Waals surface area contributed by atoms with E-state index in [9.17, 15) is 18.8 Å². The van der Waals surface area contributed by atoms with Crippen molar-refractivity contribution in [2.45, 2.75) is 45.6 Å². The van der Waals surface area contributed by atoms with Gasteiger partial charge in [-0.25, -0.2) is 9.18 Å². The maximum atomic E-state index is 13.4. The van der Waals surface area contributed by atoms with Crippen molar-refractivity contribution in [1.29, 1.82) is 0 Å². The summed E-state index contributed by atoms with van der Waals surface area (Å²) in [6, 6.07) is 10.6. The summed E-state index contributed by atoms with van der Waals surface area (Å²) in [7, 11) is 0. The lowest BCUT2D eigenvalue weighted by Crippen LogP contribution is -2.44. The smallest absolute Gasteiger partial charge is 0.324 e. The standard InChI is InChI=1S/C23H26FN3O3/c1-4-5-12-23(17-8-10-18(24)11-9-17)21(29)27(22(30)26-23)14-20(28)25-19-13-15(2)6-7-16(19)3/h6-11,13H,4-5,12,14H2,1-3H3,(H,25,28)(H,26,30). The molecule has 2 N–H and O–H groups in total. The molecule has 158 valence electrons. The minimum atomic E-state index is -1.29. The van der Waals surface area contributed by atoms with E-state index in [0.29, 0.717) is 24.1 Å². The van der Waals surface area contributed by atoms with Crippen LogP contribution in [0.5, 0.6) is 0 Å². The highest BCUT2D eigenvalue weighted by Crippen LogP contribution is 2.34. The van der Waals surface area contributed by atoms with E-state index in [4.69, 9.17) is 0 Å². The summed E-state index contributed by atoms with van der Waals surface area (Å²) in [4.78, 5) is 39.5. The van der Waals surface area contributed by atoms with E-state index in [1.54, 1.807) is 0 Å². The number of nitrogens with zero attached hydrogens (tertiary/aromatic N) is 1. The average molecular weight is 411 g/mol. The molecule has 0 radical (unpaired) electrons. The van der Waals surface area contributed by atoms with Gasteiger partial charge < -0.3 is 10.6 Å². The molecule has 7 heteroatoms. The zero-order chi connectivity index (χ0) is 21.9. The zero-order valence-corrected chi connectivity index (χ0v) is 17.4. The van der Waals surface area contributed by atoms with Crippen molar-refractivity contribution in [3.63, 3.8) is 0 Å². The summed E-state index contributed by atoms with van der Waals surface area (Å²) in [6.45, 7) is 5.37. The number of carbonyl (C=O) groups is 3. The number of anilines is 1. The van der Waals surface area contributed by atoms with Gasteiger partial charge in [-0.2, -0.15) is 0 Å². The first-order chi connectivity index (χ1) is 14.3. The van der Waals surface area contributed by atoms with Crippen LogP contribution in [0.2, 0.25) is 0 Å². The Morgan fingerprint density at radius 1 is 1.13 bits per heavy atom. The monoisotopic (exact) mass is 411 g/mol. The summed E-state index contributed by atoms with van der Waals surface area (Å²) in [5, 5.41) is 5.54. The van der Waals surface area contributed by atoms with Crippen LogP contribution in [0.4, 0.5) is 14.9 Å². The molecule has 1 aliphatic rings. The summed E-state index contributed by atoms with van der Waals surface area (Å²) in [5.74, 6) is -1.38. The lowest BCUT2D eigenvalue weighted by molar-refractivity contribution is -0.134. The fourth-order valence-corrected chi connectivity index (χ4v) is 3.66. The van der Waals surface area contributed by atoms with E-state index >= 15 is 0 Å². The summed E-state index contributed by atoms with van der Waals surface area (Å²) < 4.78 is 13.4. The Balaban J connectivity index is 1.83. The van der Waals surface area contributed by atoms with Gasteiger partial charge in [-0.15, -0.1) is 0 Å². The zero-order valence-electron chi connectivity index (χ0n) is 17.4. The second-order valence-electron chi connectivity index (χ2n) is 7.70. The largest absolute Gasteiger partial charge is 0.325 e. The number of unbranched alkanes of at least 4 members (excludes halogenated alkanes) is 1. The number of imide groups is 1. The summed E-state index contributed by atoms with van der Waals surface area (Å²) in [6.07, 6.45) is 1.87. The predicted molar refractivity (Wildman–Crippen MR) is 112 cm³/mol. The average Bonchev–Trinajstić information content (AvgIpc) is 2.95. The number of nitrogens with one attached hydrogen (secondary N) is 2. The molecule has 0 spiro atoms. The van der Waals surface area contributed by atoms with Crippen LogP contribution in [0, 0.1) is 19.7 Å². The van der Waals surface area contributed by atoms with Crippen LogP contribution in [-0.2, 0) is 15.1 Å². The Morgan fingerprint density at radius 3 is 2.50 bits per heavy atom. The highest BCUT2D eigenvalue weighted by atomic mass is 19.1. The molecule has 30 heavy (non-hydrogen) atoms. The van der Waals surface area contributed by atoms with Crippen LogP contribution in [0.3, 0.4) is 0 Å². The number of benzene rings is 2. The van der Waals surface area contributed by atoms with Crippen molar-refractivity contribution in [2.75, 3.05) is 11.9 Å². The fourth-order valence-electron chi connectivity index (χ4n) is 3.66. The minimum absolute atomic E-state index is 0.370. The predicted octanol–water partition coefficient (Wildman–Crippen LogP) is 4.02. The molecule has 4 amide bonds. The summed E-state index contributed by atoms with van der Waals surface area (Å²) in [5.41, 5.74) is 1.73. The third-order valence-electron chi connectivity index (χ3n) is 5.39. The molecule has 2 aromatic carbocycles. The van der Waals surface area contributed by atoms with E-state index in [0.717, 1.165) is 22.4 Å². The number of urea groups is 1. The molecule has 1 fully saturated rings. The number of aryl methyl sites for hydroxylation is 2. The van der Waals surface area contributed by atoms with Crippen molar-refractivity contribution in [1.82, 2.24) is 10.2 Å². The van der Waals surface area contributed by atoms with Crippen molar-refractivity contribution in [3.8, 4) is 0 Å². The van der Waals surface area contributed by atoms with Crippen LogP contribution in [0.25, 0.3) is 0 Å². The Hall–Kier alpha value is -3.22. The topological polar surface area (TPSA) is 78.5 Å². The van der Waals surface area contributed by atoms with Crippen LogP contribution >= 0.6 is 0 Å². The molecule has 1 aliphatic heterocycles. The number of rotatable bonds is 7. The summed E-state index contributed by atoms with van der Waals surface area (Å²) >= 11 is 0. The molecule has 2 aromatic rings. The van der Waals surface area contributed by atoms with Gasteiger partial charge in [-0.05, 0) is 55.2 Å². The van der Waals surface area contributed by atoms with Crippen molar-refractivity contribution < 1.29 is 18.8 Å². The third kappa shape index (κ3) is 4.20. The van der Waals surface area contributed by atoms with Gasteiger partial charge in [0.25, 0.3) is 5.91 Å². The fraction of sp³-hybridized carbons (Fsp3) is 0.348. The molecule has 0 aliphatic carbocycles. The SMILES string of the molecule is CCCCC1(c2ccc(F)cc2)NC(=O)N(CC(=O)Nc2cc(C)ccc2C)C1=O. The number of halogens is 1. The Morgan fingerprint density at radius 2 is 1.83 bits per heavy atom. The molecule has 1 heterocycles. The van der Waals surface area contributed by atoms with Gasteiger partial charge in [0.2, 0.25) is 5.91 Å². The van der Waals surface area contributed by atoms with Crippen molar-refractivity contribution in [2.24, 2.45) is 0 Å². The van der Waals surface area contributed by atoms with E-state index in [1.807, 2.05) is 39.0 Å². The Kier molecular flexibility index (Phi) is 6.20. The lowest BCUT2D eigenvalue weighted by Gasteiger charge is -2.27. The van der Waals surface area contributed by atoms with Crippen LogP contribution < -0.4 is 10.6 Å². The Labute approximate surface area is 175 Å².